The number of aryl methyl sites for hydroxylation is 1. The Morgan fingerprint density at radius 1 is 1.30 bits per heavy atom. The molecule has 1 amide bonds. The van der Waals surface area contributed by atoms with Crippen molar-refractivity contribution < 1.29 is 19.4 Å². The van der Waals surface area contributed by atoms with E-state index in [0.29, 0.717) is 0 Å². The van der Waals surface area contributed by atoms with Gasteiger partial charge in [-0.2, -0.15) is 5.10 Å². The average Bonchev–Trinajstić information content (AvgIpc) is 2.79. The van der Waals surface area contributed by atoms with Crippen molar-refractivity contribution in [2.45, 2.75) is 64.0 Å². The van der Waals surface area contributed by atoms with Crippen LogP contribution in [0.15, 0.2) is 6.07 Å². The maximum Gasteiger partial charge on any atom is 0.407 e. The van der Waals surface area contributed by atoms with Crippen molar-refractivity contribution in [1.29, 1.82) is 0 Å². The quantitative estimate of drug-likeness (QED) is 0.892. The summed E-state index contributed by atoms with van der Waals surface area (Å²) in [5.41, 5.74) is 0.525. The summed E-state index contributed by atoms with van der Waals surface area (Å²) < 4.78 is 6.67. The SMILES string of the molecule is Cn1nc(C2CCC(NC(=O)OC(C)(C)C)CC2)cc1C(=O)O. The van der Waals surface area contributed by atoms with E-state index in [4.69, 9.17) is 9.84 Å². The Morgan fingerprint density at radius 2 is 1.91 bits per heavy atom. The van der Waals surface area contributed by atoms with Crippen LogP contribution in [0.5, 0.6) is 0 Å². The smallest absolute Gasteiger partial charge is 0.407 e. The van der Waals surface area contributed by atoms with Crippen LogP contribution in [0.4, 0.5) is 4.79 Å². The van der Waals surface area contributed by atoms with Gasteiger partial charge in [0.15, 0.2) is 0 Å². The lowest BCUT2D eigenvalue weighted by Crippen LogP contribution is -2.40. The van der Waals surface area contributed by atoms with Crippen LogP contribution in [0.3, 0.4) is 0 Å². The number of alkyl carbamates (subject to hydrolysis) is 1. The molecule has 1 aromatic rings. The van der Waals surface area contributed by atoms with Gasteiger partial charge in [0.05, 0.1) is 5.69 Å². The first kappa shape index (κ1) is 17.3. The number of carboxylic acids is 1. The first-order valence-corrected chi connectivity index (χ1v) is 7.92. The fourth-order valence-electron chi connectivity index (χ4n) is 2.90. The zero-order chi connectivity index (χ0) is 17.2. The molecule has 0 atom stereocenters. The molecule has 1 aromatic heterocycles. The third-order valence-electron chi connectivity index (χ3n) is 3.98. The molecular weight excluding hydrogens is 298 g/mol. The number of carbonyl (C=O) groups excluding carboxylic acids is 1. The van der Waals surface area contributed by atoms with E-state index in [-0.39, 0.29) is 23.7 Å². The first-order valence-electron chi connectivity index (χ1n) is 7.92. The number of aromatic nitrogens is 2. The van der Waals surface area contributed by atoms with E-state index in [9.17, 15) is 9.59 Å². The molecule has 128 valence electrons. The van der Waals surface area contributed by atoms with E-state index in [0.717, 1.165) is 31.4 Å². The zero-order valence-corrected chi connectivity index (χ0v) is 14.1. The minimum atomic E-state index is -0.966. The Labute approximate surface area is 136 Å². The van der Waals surface area contributed by atoms with Crippen molar-refractivity contribution in [3.63, 3.8) is 0 Å². The molecule has 0 radical (unpaired) electrons. The van der Waals surface area contributed by atoms with Crippen LogP contribution in [0, 0.1) is 0 Å². The summed E-state index contributed by atoms with van der Waals surface area (Å²) in [7, 11) is 1.64. The molecule has 23 heavy (non-hydrogen) atoms. The van der Waals surface area contributed by atoms with Crippen molar-refractivity contribution >= 4 is 12.1 Å². The van der Waals surface area contributed by atoms with Gasteiger partial charge in [0.1, 0.15) is 11.3 Å². The fourth-order valence-corrected chi connectivity index (χ4v) is 2.90. The molecule has 1 fully saturated rings. The summed E-state index contributed by atoms with van der Waals surface area (Å²) in [4.78, 5) is 22.9. The van der Waals surface area contributed by atoms with Crippen molar-refractivity contribution in [1.82, 2.24) is 15.1 Å². The summed E-state index contributed by atoms with van der Waals surface area (Å²) in [5, 5.41) is 16.3. The van der Waals surface area contributed by atoms with E-state index in [1.54, 1.807) is 13.1 Å². The summed E-state index contributed by atoms with van der Waals surface area (Å²) in [6, 6.07) is 1.75. The fraction of sp³-hybridized carbons (Fsp3) is 0.688. The van der Waals surface area contributed by atoms with Crippen LogP contribution < -0.4 is 5.32 Å². The average molecular weight is 323 g/mol. The molecule has 7 heteroatoms. The molecule has 0 aliphatic heterocycles. The lowest BCUT2D eigenvalue weighted by molar-refractivity contribution is 0.0490. The number of nitrogens with one attached hydrogen (secondary N) is 1. The molecule has 0 unspecified atom stereocenters. The topological polar surface area (TPSA) is 93.5 Å². The zero-order valence-electron chi connectivity index (χ0n) is 14.1. The molecular formula is C16H25N3O4. The van der Waals surface area contributed by atoms with Gasteiger partial charge in [0.25, 0.3) is 0 Å². The highest BCUT2D eigenvalue weighted by Gasteiger charge is 2.27. The molecule has 0 bridgehead atoms. The van der Waals surface area contributed by atoms with Crippen molar-refractivity contribution in [3.05, 3.63) is 17.5 Å². The van der Waals surface area contributed by atoms with E-state index in [1.807, 2.05) is 20.8 Å². The predicted octanol–water partition coefficient (Wildman–Crippen LogP) is 2.67. The largest absolute Gasteiger partial charge is 0.477 e. The maximum atomic E-state index is 11.8. The number of rotatable bonds is 3. The van der Waals surface area contributed by atoms with E-state index in [2.05, 4.69) is 10.4 Å². The summed E-state index contributed by atoms with van der Waals surface area (Å²) in [5.74, 6) is -0.725. The first-order chi connectivity index (χ1) is 10.7. The summed E-state index contributed by atoms with van der Waals surface area (Å²) >= 11 is 0. The Balaban J connectivity index is 1.88. The second kappa shape index (κ2) is 6.60. The molecule has 0 aromatic carbocycles. The lowest BCUT2D eigenvalue weighted by atomic mass is 9.84. The van der Waals surface area contributed by atoms with E-state index < -0.39 is 11.6 Å². The molecule has 2 rings (SSSR count). The van der Waals surface area contributed by atoms with Gasteiger partial charge in [-0.3, -0.25) is 4.68 Å². The van der Waals surface area contributed by atoms with Crippen molar-refractivity contribution in [2.24, 2.45) is 7.05 Å². The van der Waals surface area contributed by atoms with Gasteiger partial charge >= 0.3 is 12.1 Å². The number of hydrogen-bond donors (Lipinski definition) is 2. The lowest BCUT2D eigenvalue weighted by Gasteiger charge is -2.29. The Morgan fingerprint density at radius 3 is 2.39 bits per heavy atom. The summed E-state index contributed by atoms with van der Waals surface area (Å²) in [6.45, 7) is 5.51. The van der Waals surface area contributed by atoms with Crippen molar-refractivity contribution in [2.75, 3.05) is 0 Å². The third kappa shape index (κ3) is 4.71. The molecule has 7 nitrogen and oxygen atoms in total. The van der Waals surface area contributed by atoms with Gasteiger partial charge < -0.3 is 15.2 Å². The van der Waals surface area contributed by atoms with Crippen LogP contribution in [-0.2, 0) is 11.8 Å². The van der Waals surface area contributed by atoms with Gasteiger partial charge in [-0.1, -0.05) is 0 Å². The Kier molecular flexibility index (Phi) is 4.97. The van der Waals surface area contributed by atoms with Crippen molar-refractivity contribution in [3.8, 4) is 0 Å². The van der Waals surface area contributed by atoms with Crippen LogP contribution in [0.2, 0.25) is 0 Å². The number of carbonyl (C=O) groups is 2. The minimum absolute atomic E-state index is 0.101. The Hall–Kier alpha value is -2.05. The number of hydrogen-bond acceptors (Lipinski definition) is 4. The second-order valence-corrected chi connectivity index (χ2v) is 7.08. The molecule has 0 spiro atoms. The van der Waals surface area contributed by atoms with Gasteiger partial charge in [-0.15, -0.1) is 0 Å². The molecule has 1 aliphatic carbocycles. The number of amides is 1. The standard InChI is InChI=1S/C16H25N3O4/c1-16(2,3)23-15(22)17-11-7-5-10(6-8-11)12-9-13(14(20)21)19(4)18-12/h9-11H,5-8H2,1-4H3,(H,17,22)(H,20,21). The van der Waals surface area contributed by atoms with Gasteiger partial charge in [-0.25, -0.2) is 9.59 Å². The molecule has 1 heterocycles. The van der Waals surface area contributed by atoms with Gasteiger partial charge in [0, 0.05) is 19.0 Å². The minimum Gasteiger partial charge on any atom is -0.477 e. The van der Waals surface area contributed by atoms with Crippen LogP contribution >= 0.6 is 0 Å². The molecule has 1 aliphatic rings. The highest BCUT2D eigenvalue weighted by Crippen LogP contribution is 2.32. The van der Waals surface area contributed by atoms with Crippen LogP contribution in [0.1, 0.15) is 68.6 Å². The molecule has 2 N–H and O–H groups in total. The second-order valence-electron chi connectivity index (χ2n) is 7.08. The van der Waals surface area contributed by atoms with Gasteiger partial charge in [-0.05, 0) is 52.5 Å². The highest BCUT2D eigenvalue weighted by atomic mass is 16.6. The van der Waals surface area contributed by atoms with Crippen LogP contribution in [0.25, 0.3) is 0 Å². The highest BCUT2D eigenvalue weighted by molar-refractivity contribution is 5.85. The molecule has 1 saturated carbocycles. The predicted molar refractivity (Wildman–Crippen MR) is 84.5 cm³/mol. The van der Waals surface area contributed by atoms with E-state index >= 15 is 0 Å². The summed E-state index contributed by atoms with van der Waals surface area (Å²) in [6.07, 6.45) is 3.03. The Bertz CT molecular complexity index is 581. The number of ether oxygens (including phenoxy) is 1. The third-order valence-corrected chi connectivity index (χ3v) is 3.98. The van der Waals surface area contributed by atoms with Gasteiger partial charge in [0.2, 0.25) is 0 Å². The number of aromatic carboxylic acids is 1. The maximum absolute atomic E-state index is 11.8. The molecule has 0 saturated heterocycles. The van der Waals surface area contributed by atoms with E-state index in [1.165, 1.54) is 4.68 Å². The number of carboxylic acid groups (broad SMARTS) is 1. The number of nitrogens with zero attached hydrogens (tertiary/aromatic N) is 2. The monoisotopic (exact) mass is 323 g/mol. The normalized spacial score (nSPS) is 21.7. The van der Waals surface area contributed by atoms with Crippen LogP contribution in [-0.4, -0.2) is 38.6 Å².